The molecule has 2 N–H and O–H groups in total. The second-order valence-electron chi connectivity index (χ2n) is 5.74. The van der Waals surface area contributed by atoms with Gasteiger partial charge >= 0.3 is 0 Å². The van der Waals surface area contributed by atoms with E-state index in [1.54, 1.807) is 24.0 Å². The van der Waals surface area contributed by atoms with Gasteiger partial charge in [0.05, 0.1) is 11.8 Å². The van der Waals surface area contributed by atoms with Crippen LogP contribution in [0.4, 0.5) is 0 Å². The van der Waals surface area contributed by atoms with Gasteiger partial charge in [0.15, 0.2) is 0 Å². The first-order chi connectivity index (χ1) is 10.5. The number of benzene rings is 1. The van der Waals surface area contributed by atoms with Crippen LogP contribution in [-0.4, -0.2) is 38.4 Å². The van der Waals surface area contributed by atoms with E-state index in [9.17, 15) is 9.90 Å². The molecule has 6 nitrogen and oxygen atoms in total. The molecule has 0 saturated carbocycles. The molecule has 0 bridgehead atoms. The van der Waals surface area contributed by atoms with Crippen LogP contribution in [0.15, 0.2) is 30.9 Å². The van der Waals surface area contributed by atoms with Gasteiger partial charge in [0.25, 0.3) is 5.91 Å². The average Bonchev–Trinajstić information content (AvgIpc) is 2.97. The van der Waals surface area contributed by atoms with E-state index in [1.807, 2.05) is 26.0 Å². The van der Waals surface area contributed by atoms with Gasteiger partial charge in [-0.15, -0.1) is 0 Å². The Morgan fingerprint density at radius 1 is 1.41 bits per heavy atom. The molecule has 2 aromatic rings. The lowest BCUT2D eigenvalue weighted by molar-refractivity contribution is 0.0939. The second-order valence-corrected chi connectivity index (χ2v) is 5.74. The van der Waals surface area contributed by atoms with E-state index in [0.29, 0.717) is 18.5 Å². The highest BCUT2D eigenvalue weighted by atomic mass is 16.3. The first-order valence-corrected chi connectivity index (χ1v) is 7.39. The third-order valence-corrected chi connectivity index (χ3v) is 3.48. The highest BCUT2D eigenvalue weighted by molar-refractivity contribution is 5.94. The Morgan fingerprint density at radius 3 is 2.77 bits per heavy atom. The van der Waals surface area contributed by atoms with Crippen LogP contribution in [0.3, 0.4) is 0 Å². The summed E-state index contributed by atoms with van der Waals surface area (Å²) in [5.74, 6) is 0.130. The maximum atomic E-state index is 12.2. The molecule has 0 radical (unpaired) electrons. The largest absolute Gasteiger partial charge is 0.393 e. The van der Waals surface area contributed by atoms with Gasteiger partial charge in [0.2, 0.25) is 0 Å². The van der Waals surface area contributed by atoms with Crippen LogP contribution in [0.1, 0.15) is 36.2 Å². The topological polar surface area (TPSA) is 80.0 Å². The first kappa shape index (κ1) is 16.2. The number of nitrogens with zero attached hydrogens (tertiary/aromatic N) is 3. The molecule has 0 spiro atoms. The van der Waals surface area contributed by atoms with Gasteiger partial charge in [-0.2, -0.15) is 5.10 Å². The molecule has 2 unspecified atom stereocenters. The molecular weight excluding hydrogens is 280 g/mol. The first-order valence-electron chi connectivity index (χ1n) is 7.39. The average molecular weight is 302 g/mol. The Balaban J connectivity index is 2.01. The lowest BCUT2D eigenvalue weighted by atomic mass is 10.0. The van der Waals surface area contributed by atoms with E-state index >= 15 is 0 Å². The normalized spacial score (nSPS) is 13.6. The summed E-state index contributed by atoms with van der Waals surface area (Å²) >= 11 is 0. The predicted octanol–water partition coefficient (Wildman–Crippen LogP) is 1.71. The molecule has 0 saturated heterocycles. The summed E-state index contributed by atoms with van der Waals surface area (Å²) in [6, 6.07) is 5.47. The van der Waals surface area contributed by atoms with Crippen LogP contribution >= 0.6 is 0 Å². The van der Waals surface area contributed by atoms with Gasteiger partial charge < -0.3 is 10.4 Å². The van der Waals surface area contributed by atoms with Crippen molar-refractivity contribution in [2.45, 2.75) is 33.3 Å². The Kier molecular flexibility index (Phi) is 5.27. The van der Waals surface area contributed by atoms with Crippen molar-refractivity contribution < 1.29 is 9.90 Å². The smallest absolute Gasteiger partial charge is 0.251 e. The zero-order valence-corrected chi connectivity index (χ0v) is 13.2. The molecule has 1 aromatic carbocycles. The van der Waals surface area contributed by atoms with E-state index in [4.69, 9.17) is 0 Å². The van der Waals surface area contributed by atoms with E-state index < -0.39 is 0 Å². The summed E-state index contributed by atoms with van der Waals surface area (Å²) in [7, 11) is 0. The van der Waals surface area contributed by atoms with Gasteiger partial charge in [0, 0.05) is 12.1 Å². The standard InChI is InChI=1S/C16H22N4O2/c1-11(6-13(3)21)8-18-16(22)14-4-5-15(12(2)7-14)20-10-17-9-19-20/h4-5,7,9-11,13,21H,6,8H2,1-3H3,(H,18,22). The molecular formula is C16H22N4O2. The molecule has 0 fully saturated rings. The molecule has 0 aliphatic rings. The van der Waals surface area contributed by atoms with Gasteiger partial charge in [-0.25, -0.2) is 9.67 Å². The number of aromatic nitrogens is 3. The Labute approximate surface area is 130 Å². The summed E-state index contributed by atoms with van der Waals surface area (Å²) in [6.07, 6.45) is 3.42. The van der Waals surface area contributed by atoms with Crippen molar-refractivity contribution in [3.05, 3.63) is 42.0 Å². The van der Waals surface area contributed by atoms with Crippen molar-refractivity contribution in [1.29, 1.82) is 0 Å². The fourth-order valence-corrected chi connectivity index (χ4v) is 2.42. The maximum Gasteiger partial charge on any atom is 0.251 e. The Bertz CT molecular complexity index is 623. The number of hydrogen-bond acceptors (Lipinski definition) is 4. The van der Waals surface area contributed by atoms with Gasteiger partial charge in [-0.3, -0.25) is 4.79 Å². The van der Waals surface area contributed by atoms with Crippen LogP contribution in [0.5, 0.6) is 0 Å². The number of hydrogen-bond donors (Lipinski definition) is 2. The van der Waals surface area contributed by atoms with Crippen LogP contribution < -0.4 is 5.32 Å². The zero-order valence-electron chi connectivity index (χ0n) is 13.2. The molecule has 6 heteroatoms. The third kappa shape index (κ3) is 4.14. The van der Waals surface area contributed by atoms with Crippen molar-refractivity contribution in [3.63, 3.8) is 0 Å². The summed E-state index contributed by atoms with van der Waals surface area (Å²) in [4.78, 5) is 16.1. The van der Waals surface area contributed by atoms with E-state index in [0.717, 1.165) is 11.3 Å². The number of rotatable bonds is 6. The molecule has 2 rings (SSSR count). The Hall–Kier alpha value is -2.21. The van der Waals surface area contributed by atoms with Gasteiger partial charge in [-0.1, -0.05) is 6.92 Å². The monoisotopic (exact) mass is 302 g/mol. The number of aryl methyl sites for hydroxylation is 1. The van der Waals surface area contributed by atoms with E-state index in [1.165, 1.54) is 6.33 Å². The van der Waals surface area contributed by atoms with Crippen LogP contribution in [0.25, 0.3) is 5.69 Å². The second kappa shape index (κ2) is 7.17. The number of nitrogens with one attached hydrogen (secondary N) is 1. The fraction of sp³-hybridized carbons (Fsp3) is 0.438. The molecule has 1 heterocycles. The van der Waals surface area contributed by atoms with Crippen molar-refractivity contribution in [3.8, 4) is 5.69 Å². The maximum absolute atomic E-state index is 12.2. The summed E-state index contributed by atoms with van der Waals surface area (Å²) in [6.45, 7) is 6.24. The minimum absolute atomic E-state index is 0.106. The zero-order chi connectivity index (χ0) is 16.1. The number of carbonyl (C=O) groups excluding carboxylic acids is 1. The number of aliphatic hydroxyl groups is 1. The van der Waals surface area contributed by atoms with Crippen LogP contribution in [-0.2, 0) is 0 Å². The minimum Gasteiger partial charge on any atom is -0.393 e. The third-order valence-electron chi connectivity index (χ3n) is 3.48. The van der Waals surface area contributed by atoms with Gasteiger partial charge in [-0.05, 0) is 49.9 Å². The number of aliphatic hydroxyl groups excluding tert-OH is 1. The predicted molar refractivity (Wildman–Crippen MR) is 83.9 cm³/mol. The van der Waals surface area contributed by atoms with Crippen molar-refractivity contribution >= 4 is 5.91 Å². The molecule has 1 aromatic heterocycles. The molecule has 1 amide bonds. The van der Waals surface area contributed by atoms with Crippen LogP contribution in [0.2, 0.25) is 0 Å². The fourth-order valence-electron chi connectivity index (χ4n) is 2.42. The van der Waals surface area contributed by atoms with Gasteiger partial charge in [0.1, 0.15) is 12.7 Å². The summed E-state index contributed by atoms with van der Waals surface area (Å²) < 4.78 is 1.67. The SMILES string of the molecule is Cc1cc(C(=O)NCC(C)CC(C)O)ccc1-n1cncn1. The van der Waals surface area contributed by atoms with Crippen molar-refractivity contribution in [1.82, 2.24) is 20.1 Å². The molecule has 0 aliphatic heterocycles. The highest BCUT2D eigenvalue weighted by Crippen LogP contribution is 2.15. The molecule has 22 heavy (non-hydrogen) atoms. The number of carbonyl (C=O) groups is 1. The minimum atomic E-state index is -0.351. The Morgan fingerprint density at radius 2 is 2.18 bits per heavy atom. The van der Waals surface area contributed by atoms with Crippen molar-refractivity contribution in [2.75, 3.05) is 6.54 Å². The molecule has 2 atom stereocenters. The summed E-state index contributed by atoms with van der Waals surface area (Å²) in [5.41, 5.74) is 2.47. The van der Waals surface area contributed by atoms with E-state index in [2.05, 4.69) is 15.4 Å². The highest BCUT2D eigenvalue weighted by Gasteiger charge is 2.11. The lowest BCUT2D eigenvalue weighted by Crippen LogP contribution is -2.29. The molecule has 118 valence electrons. The number of amides is 1. The van der Waals surface area contributed by atoms with Crippen LogP contribution in [0, 0.1) is 12.8 Å². The summed E-state index contributed by atoms with van der Waals surface area (Å²) in [5, 5.41) is 16.3. The molecule has 0 aliphatic carbocycles. The van der Waals surface area contributed by atoms with E-state index in [-0.39, 0.29) is 17.9 Å². The van der Waals surface area contributed by atoms with Crippen molar-refractivity contribution in [2.24, 2.45) is 5.92 Å². The lowest BCUT2D eigenvalue weighted by Gasteiger charge is -2.14. The quantitative estimate of drug-likeness (QED) is 0.851.